The van der Waals surface area contributed by atoms with Crippen LogP contribution in [0.3, 0.4) is 0 Å². The molecule has 4 rings (SSSR count). The molecule has 1 saturated heterocycles. The van der Waals surface area contributed by atoms with Crippen LogP contribution in [0, 0.1) is 5.92 Å². The van der Waals surface area contributed by atoms with Crippen LogP contribution in [0.4, 0.5) is 0 Å². The average Bonchev–Trinajstić information content (AvgIpc) is 3.55. The highest BCUT2D eigenvalue weighted by Gasteiger charge is 2.33. The van der Waals surface area contributed by atoms with Crippen molar-refractivity contribution in [1.29, 1.82) is 0 Å². The van der Waals surface area contributed by atoms with E-state index in [0.29, 0.717) is 32.1 Å². The first-order valence-electron chi connectivity index (χ1n) is 11.7. The third kappa shape index (κ3) is 5.52. The van der Waals surface area contributed by atoms with Gasteiger partial charge in [0.15, 0.2) is 5.16 Å². The SMILES string of the molecule is CSc1nnc(CCCNC(=O)C2CC(=O)N(CCc3ccccc3)C2)n1C1CCCC1. The van der Waals surface area contributed by atoms with Crippen LogP contribution in [0.1, 0.15) is 56.0 Å². The summed E-state index contributed by atoms with van der Waals surface area (Å²) in [4.78, 5) is 26.8. The molecule has 1 N–H and O–H groups in total. The molecule has 1 unspecified atom stereocenters. The molecule has 8 heteroatoms. The topological polar surface area (TPSA) is 80.1 Å². The molecule has 1 aliphatic heterocycles. The van der Waals surface area contributed by atoms with Gasteiger partial charge in [-0.15, -0.1) is 10.2 Å². The number of carbonyl (C=O) groups is 2. The number of thioether (sulfide) groups is 1. The summed E-state index contributed by atoms with van der Waals surface area (Å²) in [6, 6.07) is 10.7. The number of likely N-dealkylation sites (tertiary alicyclic amines) is 1. The number of aromatic nitrogens is 3. The average molecular weight is 456 g/mol. The molecule has 0 bridgehead atoms. The summed E-state index contributed by atoms with van der Waals surface area (Å²) in [5.74, 6) is 0.847. The maximum atomic E-state index is 12.6. The van der Waals surface area contributed by atoms with Crippen molar-refractivity contribution in [3.05, 3.63) is 41.7 Å². The van der Waals surface area contributed by atoms with Gasteiger partial charge in [0, 0.05) is 38.5 Å². The number of hydrogen-bond donors (Lipinski definition) is 1. The van der Waals surface area contributed by atoms with E-state index in [2.05, 4.69) is 32.2 Å². The zero-order chi connectivity index (χ0) is 22.3. The maximum absolute atomic E-state index is 12.6. The third-order valence-corrected chi connectivity index (χ3v) is 7.23. The monoisotopic (exact) mass is 455 g/mol. The summed E-state index contributed by atoms with van der Waals surface area (Å²) in [6.45, 7) is 1.78. The predicted octanol–water partition coefficient (Wildman–Crippen LogP) is 3.26. The van der Waals surface area contributed by atoms with E-state index in [1.165, 1.54) is 31.2 Å². The van der Waals surface area contributed by atoms with E-state index >= 15 is 0 Å². The van der Waals surface area contributed by atoms with Crippen molar-refractivity contribution in [2.75, 3.05) is 25.9 Å². The lowest BCUT2D eigenvalue weighted by Gasteiger charge is -2.17. The van der Waals surface area contributed by atoms with Crippen LogP contribution in [0.5, 0.6) is 0 Å². The molecular formula is C24H33N5O2S. The van der Waals surface area contributed by atoms with Crippen molar-refractivity contribution in [1.82, 2.24) is 25.0 Å². The van der Waals surface area contributed by atoms with E-state index in [-0.39, 0.29) is 17.7 Å². The number of benzene rings is 1. The second kappa shape index (κ2) is 11.0. The number of hydrogen-bond acceptors (Lipinski definition) is 5. The first kappa shape index (κ1) is 22.8. The van der Waals surface area contributed by atoms with Gasteiger partial charge in [-0.3, -0.25) is 9.59 Å². The fourth-order valence-electron chi connectivity index (χ4n) is 4.82. The summed E-state index contributed by atoms with van der Waals surface area (Å²) in [7, 11) is 0. The zero-order valence-electron chi connectivity index (χ0n) is 18.8. The number of carbonyl (C=O) groups excluding carboxylic acids is 2. The molecule has 1 aliphatic carbocycles. The Morgan fingerprint density at radius 3 is 2.69 bits per heavy atom. The summed E-state index contributed by atoms with van der Waals surface area (Å²) in [6.07, 6.45) is 9.75. The molecule has 1 atom stereocenters. The van der Waals surface area contributed by atoms with Gasteiger partial charge >= 0.3 is 0 Å². The maximum Gasteiger partial charge on any atom is 0.225 e. The van der Waals surface area contributed by atoms with Gasteiger partial charge in [-0.25, -0.2) is 0 Å². The zero-order valence-corrected chi connectivity index (χ0v) is 19.6. The largest absolute Gasteiger partial charge is 0.356 e. The highest BCUT2D eigenvalue weighted by Crippen LogP contribution is 2.33. The molecular weight excluding hydrogens is 422 g/mol. The van der Waals surface area contributed by atoms with Gasteiger partial charge in [0.1, 0.15) is 5.82 Å². The second-order valence-electron chi connectivity index (χ2n) is 8.78. The Hall–Kier alpha value is -2.35. The van der Waals surface area contributed by atoms with Crippen LogP contribution in [-0.2, 0) is 22.4 Å². The molecule has 32 heavy (non-hydrogen) atoms. The standard InChI is InChI=1S/C24H33N5O2S/c1-32-24-27-26-21(29(24)20-10-5-6-11-20)12-7-14-25-23(31)19-16-22(30)28(17-19)15-13-18-8-3-2-4-9-18/h2-4,8-9,19-20H,5-7,10-17H2,1H3,(H,25,31). The summed E-state index contributed by atoms with van der Waals surface area (Å²) < 4.78 is 2.32. The molecule has 0 radical (unpaired) electrons. The Morgan fingerprint density at radius 2 is 1.94 bits per heavy atom. The molecule has 1 saturated carbocycles. The molecule has 2 heterocycles. The van der Waals surface area contributed by atoms with Gasteiger partial charge in [-0.05, 0) is 37.5 Å². The molecule has 2 aliphatic rings. The van der Waals surface area contributed by atoms with Crippen molar-refractivity contribution >= 4 is 23.6 Å². The van der Waals surface area contributed by atoms with E-state index in [4.69, 9.17) is 0 Å². The molecule has 2 amide bonds. The van der Waals surface area contributed by atoms with Gasteiger partial charge in [-0.1, -0.05) is 54.9 Å². The van der Waals surface area contributed by atoms with Crippen LogP contribution in [0.2, 0.25) is 0 Å². The lowest BCUT2D eigenvalue weighted by molar-refractivity contribution is -0.129. The van der Waals surface area contributed by atoms with Crippen LogP contribution in [0.25, 0.3) is 0 Å². The summed E-state index contributed by atoms with van der Waals surface area (Å²) >= 11 is 1.65. The predicted molar refractivity (Wildman–Crippen MR) is 125 cm³/mol. The van der Waals surface area contributed by atoms with Crippen LogP contribution in [-0.4, -0.2) is 57.4 Å². The number of rotatable bonds is 10. The first-order chi connectivity index (χ1) is 15.7. The minimum absolute atomic E-state index is 0.0115. The third-order valence-electron chi connectivity index (χ3n) is 6.58. The minimum atomic E-state index is -0.247. The molecule has 172 valence electrons. The van der Waals surface area contributed by atoms with Crippen LogP contribution >= 0.6 is 11.8 Å². The van der Waals surface area contributed by atoms with E-state index in [9.17, 15) is 9.59 Å². The van der Waals surface area contributed by atoms with Crippen molar-refractivity contribution < 1.29 is 9.59 Å². The van der Waals surface area contributed by atoms with Crippen molar-refractivity contribution in [2.45, 2.75) is 62.6 Å². The smallest absolute Gasteiger partial charge is 0.225 e. The Balaban J connectivity index is 1.21. The second-order valence-corrected chi connectivity index (χ2v) is 9.56. The lowest BCUT2D eigenvalue weighted by Crippen LogP contribution is -2.34. The normalized spacial score (nSPS) is 19.1. The number of nitrogens with one attached hydrogen (secondary N) is 1. The van der Waals surface area contributed by atoms with Crippen molar-refractivity contribution in [3.63, 3.8) is 0 Å². The van der Waals surface area contributed by atoms with Crippen molar-refractivity contribution in [3.8, 4) is 0 Å². The van der Waals surface area contributed by atoms with Gasteiger partial charge in [-0.2, -0.15) is 0 Å². The van der Waals surface area contributed by atoms with Crippen molar-refractivity contribution in [2.24, 2.45) is 5.92 Å². The molecule has 2 aromatic rings. The Labute approximate surface area is 194 Å². The lowest BCUT2D eigenvalue weighted by atomic mass is 10.1. The molecule has 2 fully saturated rings. The number of aryl methyl sites for hydroxylation is 1. The summed E-state index contributed by atoms with van der Waals surface area (Å²) in [5.41, 5.74) is 1.21. The highest BCUT2D eigenvalue weighted by atomic mass is 32.2. The highest BCUT2D eigenvalue weighted by molar-refractivity contribution is 7.98. The van der Waals surface area contributed by atoms with Gasteiger partial charge in [0.2, 0.25) is 11.8 Å². The van der Waals surface area contributed by atoms with Crippen LogP contribution in [0.15, 0.2) is 35.5 Å². The number of amides is 2. The van der Waals surface area contributed by atoms with Crippen LogP contribution < -0.4 is 5.32 Å². The van der Waals surface area contributed by atoms with Gasteiger partial charge in [0.05, 0.1) is 5.92 Å². The quantitative estimate of drug-likeness (QED) is 0.439. The van der Waals surface area contributed by atoms with E-state index in [0.717, 1.165) is 30.2 Å². The fourth-order valence-corrected chi connectivity index (χ4v) is 5.39. The van der Waals surface area contributed by atoms with E-state index < -0.39 is 0 Å². The minimum Gasteiger partial charge on any atom is -0.356 e. The van der Waals surface area contributed by atoms with Gasteiger partial charge in [0.25, 0.3) is 0 Å². The van der Waals surface area contributed by atoms with Gasteiger partial charge < -0.3 is 14.8 Å². The Kier molecular flexibility index (Phi) is 7.84. The molecule has 1 aromatic carbocycles. The fraction of sp³-hybridized carbons (Fsp3) is 0.583. The first-order valence-corrected chi connectivity index (χ1v) is 13.0. The summed E-state index contributed by atoms with van der Waals surface area (Å²) in [5, 5.41) is 12.8. The Morgan fingerprint density at radius 1 is 1.16 bits per heavy atom. The molecule has 1 aromatic heterocycles. The Bertz CT molecular complexity index is 910. The van der Waals surface area contributed by atoms with E-state index in [1.807, 2.05) is 29.4 Å². The number of nitrogens with zero attached hydrogens (tertiary/aromatic N) is 4. The van der Waals surface area contributed by atoms with E-state index in [1.54, 1.807) is 11.8 Å². The molecule has 0 spiro atoms. The molecule has 7 nitrogen and oxygen atoms in total.